The number of amides is 2. The molecule has 2 amide bonds. The second-order valence-corrected chi connectivity index (χ2v) is 9.24. The second-order valence-electron chi connectivity index (χ2n) is 9.24. The van der Waals surface area contributed by atoms with Gasteiger partial charge in [-0.1, -0.05) is 30.3 Å². The number of anilines is 1. The lowest BCUT2D eigenvalue weighted by atomic mass is 10.0. The summed E-state index contributed by atoms with van der Waals surface area (Å²) in [6.45, 7) is 2.06. The summed E-state index contributed by atoms with van der Waals surface area (Å²) in [5, 5.41) is 13.4. The van der Waals surface area contributed by atoms with E-state index in [2.05, 4.69) is 10.3 Å². The van der Waals surface area contributed by atoms with Crippen molar-refractivity contribution in [2.45, 2.75) is 32.4 Å². The van der Waals surface area contributed by atoms with Gasteiger partial charge in [0, 0.05) is 49.1 Å². The zero-order valence-corrected chi connectivity index (χ0v) is 21.4. The molecular formula is C29H30N4O5. The number of likely N-dealkylation sites (N-methyl/N-ethyl adjacent to an activating group) is 1. The van der Waals surface area contributed by atoms with Gasteiger partial charge in [-0.15, -0.1) is 0 Å². The van der Waals surface area contributed by atoms with Gasteiger partial charge in [-0.25, -0.2) is 4.98 Å². The molecule has 3 heterocycles. The van der Waals surface area contributed by atoms with Crippen LogP contribution < -0.4 is 19.7 Å². The van der Waals surface area contributed by atoms with E-state index in [0.717, 1.165) is 22.2 Å². The van der Waals surface area contributed by atoms with Crippen molar-refractivity contribution in [1.29, 1.82) is 0 Å². The Morgan fingerprint density at radius 2 is 1.89 bits per heavy atom. The van der Waals surface area contributed by atoms with E-state index in [9.17, 15) is 14.7 Å². The number of fused-ring (bicyclic) bond motifs is 2. The number of hydrogen-bond donors (Lipinski definition) is 2. The molecule has 4 aromatic rings. The van der Waals surface area contributed by atoms with Crippen molar-refractivity contribution < 1.29 is 24.2 Å². The highest BCUT2D eigenvalue weighted by Gasteiger charge is 2.27. The lowest BCUT2D eigenvalue weighted by Gasteiger charge is -2.25. The number of benzene rings is 2. The molecule has 1 aliphatic rings. The van der Waals surface area contributed by atoms with E-state index >= 15 is 0 Å². The molecule has 0 unspecified atom stereocenters. The van der Waals surface area contributed by atoms with Gasteiger partial charge in [-0.2, -0.15) is 0 Å². The van der Waals surface area contributed by atoms with Gasteiger partial charge in [0.05, 0.1) is 0 Å². The van der Waals surface area contributed by atoms with Gasteiger partial charge in [0.1, 0.15) is 18.2 Å². The number of ether oxygens (including phenoxy) is 2. The van der Waals surface area contributed by atoms with Gasteiger partial charge in [0.25, 0.3) is 0 Å². The Labute approximate surface area is 220 Å². The molecule has 0 saturated carbocycles. The van der Waals surface area contributed by atoms with Crippen LogP contribution in [0, 0.1) is 6.92 Å². The predicted octanol–water partition coefficient (Wildman–Crippen LogP) is 3.00. The second kappa shape index (κ2) is 10.9. The summed E-state index contributed by atoms with van der Waals surface area (Å²) in [5.74, 6) is 0.646. The Balaban J connectivity index is 1.40. The number of rotatable bonds is 9. The van der Waals surface area contributed by atoms with E-state index in [-0.39, 0.29) is 31.8 Å². The normalized spacial score (nSPS) is 12.9. The maximum atomic E-state index is 13.7. The summed E-state index contributed by atoms with van der Waals surface area (Å²) in [6, 6.07) is 17.9. The van der Waals surface area contributed by atoms with Crippen LogP contribution in [0.1, 0.15) is 16.8 Å². The van der Waals surface area contributed by atoms with E-state index in [1.165, 1.54) is 4.90 Å². The van der Waals surface area contributed by atoms with Crippen molar-refractivity contribution in [2.75, 3.05) is 25.3 Å². The fourth-order valence-electron chi connectivity index (χ4n) is 4.87. The molecule has 1 atom stereocenters. The molecule has 196 valence electrons. The standard InChI is InChI=1S/C29H30N4O5/c1-19-22(12-14-34)23-9-6-13-30-28(23)33(19)17-27(35)31-24(15-20-7-4-3-5-8-20)29(36)32(2)21-10-11-25-26(16-21)38-18-37-25/h3-11,13,16,24,34H,12,14-15,17-18H2,1-2H3,(H,31,35)/t24-/m0/s1. The summed E-state index contributed by atoms with van der Waals surface area (Å²) in [7, 11) is 1.68. The molecular weight excluding hydrogens is 484 g/mol. The Morgan fingerprint density at radius 3 is 2.68 bits per heavy atom. The Morgan fingerprint density at radius 1 is 1.11 bits per heavy atom. The first-order valence-electron chi connectivity index (χ1n) is 12.5. The third-order valence-electron chi connectivity index (χ3n) is 6.86. The average molecular weight is 515 g/mol. The highest BCUT2D eigenvalue weighted by Crippen LogP contribution is 2.35. The quantitative estimate of drug-likeness (QED) is 0.356. The van der Waals surface area contributed by atoms with E-state index in [1.807, 2.05) is 54.0 Å². The fraction of sp³-hybridized carbons (Fsp3) is 0.276. The average Bonchev–Trinajstić information content (AvgIpc) is 3.51. The number of carbonyl (C=O) groups excluding carboxylic acids is 2. The van der Waals surface area contributed by atoms with Crippen LogP contribution in [-0.4, -0.2) is 53.0 Å². The first-order chi connectivity index (χ1) is 18.5. The van der Waals surface area contributed by atoms with Crippen LogP contribution in [0.3, 0.4) is 0 Å². The van der Waals surface area contributed by atoms with Crippen LogP contribution in [0.4, 0.5) is 5.69 Å². The van der Waals surface area contributed by atoms with Gasteiger partial charge in [-0.05, 0) is 48.7 Å². The van der Waals surface area contributed by atoms with Crippen molar-refractivity contribution in [1.82, 2.24) is 14.9 Å². The molecule has 0 fully saturated rings. The number of hydrogen-bond acceptors (Lipinski definition) is 6. The first-order valence-corrected chi connectivity index (χ1v) is 12.5. The van der Waals surface area contributed by atoms with E-state index in [1.54, 1.807) is 31.4 Å². The van der Waals surface area contributed by atoms with Gasteiger partial charge in [-0.3, -0.25) is 9.59 Å². The van der Waals surface area contributed by atoms with Crippen LogP contribution in [-0.2, 0) is 29.0 Å². The van der Waals surface area contributed by atoms with Crippen molar-refractivity contribution in [3.63, 3.8) is 0 Å². The number of aromatic nitrogens is 2. The number of carbonyl (C=O) groups is 2. The fourth-order valence-corrected chi connectivity index (χ4v) is 4.87. The minimum Gasteiger partial charge on any atom is -0.454 e. The van der Waals surface area contributed by atoms with Gasteiger partial charge in [0.2, 0.25) is 18.6 Å². The molecule has 2 aromatic carbocycles. The molecule has 0 aliphatic carbocycles. The Hall–Kier alpha value is -4.37. The summed E-state index contributed by atoms with van der Waals surface area (Å²) in [6.07, 6.45) is 2.48. The molecule has 2 N–H and O–H groups in total. The van der Waals surface area contributed by atoms with E-state index in [4.69, 9.17) is 9.47 Å². The van der Waals surface area contributed by atoms with Crippen molar-refractivity contribution in [3.05, 3.63) is 83.7 Å². The third kappa shape index (κ3) is 5.05. The molecule has 9 heteroatoms. The Bertz CT molecular complexity index is 1470. The number of aliphatic hydroxyl groups is 1. The molecule has 9 nitrogen and oxygen atoms in total. The largest absolute Gasteiger partial charge is 0.454 e. The smallest absolute Gasteiger partial charge is 0.249 e. The van der Waals surface area contributed by atoms with Crippen LogP contribution in [0.25, 0.3) is 11.0 Å². The van der Waals surface area contributed by atoms with Crippen LogP contribution in [0.2, 0.25) is 0 Å². The van der Waals surface area contributed by atoms with Gasteiger partial charge in [0.15, 0.2) is 11.5 Å². The molecule has 0 radical (unpaired) electrons. The molecule has 1 aliphatic heterocycles. The van der Waals surface area contributed by atoms with Crippen LogP contribution >= 0.6 is 0 Å². The lowest BCUT2D eigenvalue weighted by Crippen LogP contribution is -2.49. The molecule has 5 rings (SSSR count). The first kappa shape index (κ1) is 25.3. The highest BCUT2D eigenvalue weighted by atomic mass is 16.7. The van der Waals surface area contributed by atoms with Crippen LogP contribution in [0.5, 0.6) is 11.5 Å². The molecule has 0 spiro atoms. The number of pyridine rings is 1. The van der Waals surface area contributed by atoms with E-state index in [0.29, 0.717) is 35.7 Å². The monoisotopic (exact) mass is 514 g/mol. The highest BCUT2D eigenvalue weighted by molar-refractivity contribution is 5.99. The maximum absolute atomic E-state index is 13.7. The molecule has 0 bridgehead atoms. The number of aliphatic hydroxyl groups excluding tert-OH is 1. The lowest BCUT2D eigenvalue weighted by molar-refractivity contribution is -0.127. The molecule has 38 heavy (non-hydrogen) atoms. The number of nitrogens with one attached hydrogen (secondary N) is 1. The molecule has 0 saturated heterocycles. The summed E-state index contributed by atoms with van der Waals surface area (Å²) in [5.41, 5.74) is 4.07. The number of nitrogens with zero attached hydrogens (tertiary/aromatic N) is 3. The summed E-state index contributed by atoms with van der Waals surface area (Å²) >= 11 is 0. The Kier molecular flexibility index (Phi) is 7.28. The van der Waals surface area contributed by atoms with E-state index < -0.39 is 6.04 Å². The zero-order valence-electron chi connectivity index (χ0n) is 21.4. The van der Waals surface area contributed by atoms with Gasteiger partial charge < -0.3 is 29.4 Å². The summed E-state index contributed by atoms with van der Waals surface area (Å²) in [4.78, 5) is 33.1. The summed E-state index contributed by atoms with van der Waals surface area (Å²) < 4.78 is 12.7. The van der Waals surface area contributed by atoms with Gasteiger partial charge >= 0.3 is 0 Å². The molecule has 2 aromatic heterocycles. The minimum atomic E-state index is -0.799. The minimum absolute atomic E-state index is 0.000882. The maximum Gasteiger partial charge on any atom is 0.249 e. The SMILES string of the molecule is Cc1c(CCO)c2cccnc2n1CC(=O)N[C@@H](Cc1ccccc1)C(=O)N(C)c1ccc2c(c1)OCO2. The van der Waals surface area contributed by atoms with Crippen molar-refractivity contribution in [3.8, 4) is 11.5 Å². The van der Waals surface area contributed by atoms with Crippen molar-refractivity contribution in [2.24, 2.45) is 0 Å². The third-order valence-corrected chi connectivity index (χ3v) is 6.86. The van der Waals surface area contributed by atoms with Crippen molar-refractivity contribution >= 4 is 28.5 Å². The predicted molar refractivity (Wildman–Crippen MR) is 143 cm³/mol. The topological polar surface area (TPSA) is 106 Å². The van der Waals surface area contributed by atoms with Crippen LogP contribution in [0.15, 0.2) is 66.9 Å². The zero-order chi connectivity index (χ0) is 26.6.